The van der Waals surface area contributed by atoms with Gasteiger partial charge in [-0.25, -0.2) is 0 Å². The third kappa shape index (κ3) is 4.34. The number of rotatable bonds is 4. The Morgan fingerprint density at radius 2 is 1.93 bits per heavy atom. The van der Waals surface area contributed by atoms with E-state index in [-0.39, 0.29) is 11.9 Å². The van der Waals surface area contributed by atoms with Crippen LogP contribution in [0.3, 0.4) is 0 Å². The van der Waals surface area contributed by atoms with E-state index in [2.05, 4.69) is 57.3 Å². The monoisotopic (exact) mass is 420 g/mol. The quantitative estimate of drug-likeness (QED) is 0.582. The molecule has 0 saturated heterocycles. The van der Waals surface area contributed by atoms with Crippen LogP contribution in [0, 0.1) is 18.8 Å². The predicted molar refractivity (Wildman–Crippen MR) is 126 cm³/mol. The molecular formula is C26H32N2OS. The highest BCUT2D eigenvalue weighted by molar-refractivity contribution is 7.99. The largest absolute Gasteiger partial charge is 0.349 e. The molecule has 1 saturated carbocycles. The van der Waals surface area contributed by atoms with Crippen LogP contribution < -0.4 is 5.32 Å². The second-order valence-electron chi connectivity index (χ2n) is 8.94. The Kier molecular flexibility index (Phi) is 6.33. The van der Waals surface area contributed by atoms with Gasteiger partial charge in [0.15, 0.2) is 0 Å². The number of carbonyl (C=O) groups is 1. The Bertz CT molecular complexity index is 981. The minimum absolute atomic E-state index is 0.0265. The van der Waals surface area contributed by atoms with E-state index in [1.807, 2.05) is 12.1 Å². The molecule has 30 heavy (non-hydrogen) atoms. The number of aryl methyl sites for hydroxylation is 1. The van der Waals surface area contributed by atoms with Gasteiger partial charge in [-0.3, -0.25) is 9.79 Å². The third-order valence-corrected chi connectivity index (χ3v) is 7.79. The molecule has 1 aliphatic heterocycles. The molecule has 1 aliphatic carbocycles. The number of fused-ring (bicyclic) bond motifs is 2. The summed E-state index contributed by atoms with van der Waals surface area (Å²) >= 11 is 1.75. The lowest BCUT2D eigenvalue weighted by atomic mass is 9.78. The Labute approximate surface area is 184 Å². The van der Waals surface area contributed by atoms with Gasteiger partial charge < -0.3 is 5.32 Å². The summed E-state index contributed by atoms with van der Waals surface area (Å²) < 4.78 is 0. The number of benzene rings is 2. The van der Waals surface area contributed by atoms with Crippen LogP contribution >= 0.6 is 11.8 Å². The van der Waals surface area contributed by atoms with Crippen molar-refractivity contribution in [2.45, 2.75) is 75.6 Å². The summed E-state index contributed by atoms with van der Waals surface area (Å²) in [6.07, 6.45) is 5.51. The molecule has 1 heterocycles. The van der Waals surface area contributed by atoms with Crippen LogP contribution in [-0.4, -0.2) is 17.7 Å². The maximum atomic E-state index is 13.0. The summed E-state index contributed by atoms with van der Waals surface area (Å²) in [5, 5.41) is 3.30. The van der Waals surface area contributed by atoms with Crippen molar-refractivity contribution in [2.24, 2.45) is 16.8 Å². The Balaban J connectivity index is 1.64. The van der Waals surface area contributed by atoms with Crippen molar-refractivity contribution in [3.8, 4) is 0 Å². The SMILES string of the molecule is CCCC1=Nc2cc(C(=O)N[C@@H]3CCC[C@@H](C)[C@H]3C)ccc2Sc2ccc(C)cc21. The summed E-state index contributed by atoms with van der Waals surface area (Å²) in [4.78, 5) is 20.4. The molecule has 2 aromatic rings. The molecule has 0 bridgehead atoms. The van der Waals surface area contributed by atoms with E-state index in [1.165, 1.54) is 28.9 Å². The first-order chi connectivity index (χ1) is 14.5. The molecule has 2 aliphatic rings. The van der Waals surface area contributed by atoms with E-state index in [1.54, 1.807) is 11.8 Å². The normalized spacial score (nSPS) is 23.1. The molecule has 3 atom stereocenters. The van der Waals surface area contributed by atoms with Gasteiger partial charge in [-0.2, -0.15) is 0 Å². The van der Waals surface area contributed by atoms with Crippen LogP contribution in [0.15, 0.2) is 51.2 Å². The Hall–Kier alpha value is -2.07. The first-order valence-electron chi connectivity index (χ1n) is 11.3. The lowest BCUT2D eigenvalue weighted by molar-refractivity contribution is 0.0891. The second-order valence-corrected chi connectivity index (χ2v) is 10.0. The zero-order valence-corrected chi connectivity index (χ0v) is 19.3. The highest BCUT2D eigenvalue weighted by Crippen LogP contribution is 2.41. The standard InChI is InChI=1S/C26H32N2OS/c1-5-7-22-20-14-16(2)10-12-24(20)30-25-13-11-19(15-23(25)27-22)26(29)28-21-9-6-8-17(3)18(21)4/h10-15,17-18,21H,5-9H2,1-4H3,(H,28,29)/t17-,18-,21-/m1/s1. The number of hydrogen-bond acceptors (Lipinski definition) is 3. The highest BCUT2D eigenvalue weighted by Gasteiger charge is 2.28. The molecule has 3 nitrogen and oxygen atoms in total. The first kappa shape index (κ1) is 21.2. The molecule has 4 rings (SSSR count). The van der Waals surface area contributed by atoms with Crippen molar-refractivity contribution in [1.29, 1.82) is 0 Å². The van der Waals surface area contributed by atoms with Gasteiger partial charge in [0.2, 0.25) is 0 Å². The van der Waals surface area contributed by atoms with Crippen LogP contribution in [0.5, 0.6) is 0 Å². The van der Waals surface area contributed by atoms with Gasteiger partial charge in [0, 0.05) is 32.7 Å². The van der Waals surface area contributed by atoms with Crippen molar-refractivity contribution in [2.75, 3.05) is 0 Å². The van der Waals surface area contributed by atoms with Crippen molar-refractivity contribution >= 4 is 29.1 Å². The van der Waals surface area contributed by atoms with E-state index >= 15 is 0 Å². The van der Waals surface area contributed by atoms with E-state index in [0.717, 1.165) is 35.6 Å². The van der Waals surface area contributed by atoms with E-state index < -0.39 is 0 Å². The van der Waals surface area contributed by atoms with Crippen molar-refractivity contribution in [3.63, 3.8) is 0 Å². The topological polar surface area (TPSA) is 41.5 Å². The fraction of sp³-hybridized carbons (Fsp3) is 0.462. The van der Waals surface area contributed by atoms with Crippen LogP contribution in [-0.2, 0) is 0 Å². The number of carbonyl (C=O) groups excluding carboxylic acids is 1. The fourth-order valence-electron chi connectivity index (χ4n) is 4.58. The summed E-state index contributed by atoms with van der Waals surface area (Å²) in [5.74, 6) is 1.21. The van der Waals surface area contributed by atoms with Crippen LogP contribution in [0.2, 0.25) is 0 Å². The van der Waals surface area contributed by atoms with E-state index in [0.29, 0.717) is 17.4 Å². The summed E-state index contributed by atoms with van der Waals surface area (Å²) in [6.45, 7) is 8.88. The van der Waals surface area contributed by atoms with Gasteiger partial charge in [-0.1, -0.05) is 63.4 Å². The van der Waals surface area contributed by atoms with E-state index in [9.17, 15) is 4.79 Å². The number of amides is 1. The van der Waals surface area contributed by atoms with Crippen molar-refractivity contribution < 1.29 is 4.79 Å². The molecule has 0 aromatic heterocycles. The van der Waals surface area contributed by atoms with Gasteiger partial charge >= 0.3 is 0 Å². The number of nitrogens with one attached hydrogen (secondary N) is 1. The zero-order chi connectivity index (χ0) is 21.3. The maximum Gasteiger partial charge on any atom is 0.251 e. The maximum absolute atomic E-state index is 13.0. The molecule has 2 aromatic carbocycles. The molecule has 1 amide bonds. The highest BCUT2D eigenvalue weighted by atomic mass is 32.2. The Morgan fingerprint density at radius 1 is 1.13 bits per heavy atom. The van der Waals surface area contributed by atoms with Crippen molar-refractivity contribution in [3.05, 3.63) is 53.1 Å². The van der Waals surface area contributed by atoms with Gasteiger partial charge in [0.1, 0.15) is 0 Å². The predicted octanol–water partition coefficient (Wildman–Crippen LogP) is 6.94. The summed E-state index contributed by atoms with van der Waals surface area (Å²) in [6, 6.07) is 12.8. The lowest BCUT2D eigenvalue weighted by Gasteiger charge is -2.34. The van der Waals surface area contributed by atoms with Crippen LogP contribution in [0.25, 0.3) is 0 Å². The van der Waals surface area contributed by atoms with Gasteiger partial charge in [0.25, 0.3) is 5.91 Å². The van der Waals surface area contributed by atoms with Gasteiger partial charge in [-0.05, 0) is 61.9 Å². The summed E-state index contributed by atoms with van der Waals surface area (Å²) in [7, 11) is 0. The molecule has 0 spiro atoms. The van der Waals surface area contributed by atoms with Crippen LogP contribution in [0.4, 0.5) is 5.69 Å². The second kappa shape index (κ2) is 8.97. The summed E-state index contributed by atoms with van der Waals surface area (Å²) in [5.41, 5.74) is 5.22. The minimum atomic E-state index is 0.0265. The molecule has 1 fully saturated rings. The van der Waals surface area contributed by atoms with Gasteiger partial charge in [-0.15, -0.1) is 0 Å². The molecule has 158 valence electrons. The number of aliphatic imine (C=N–C) groups is 1. The molecule has 0 unspecified atom stereocenters. The average Bonchev–Trinajstić information content (AvgIpc) is 2.87. The van der Waals surface area contributed by atoms with Crippen molar-refractivity contribution in [1.82, 2.24) is 5.32 Å². The average molecular weight is 421 g/mol. The van der Waals surface area contributed by atoms with E-state index in [4.69, 9.17) is 4.99 Å². The Morgan fingerprint density at radius 3 is 2.73 bits per heavy atom. The fourth-order valence-corrected chi connectivity index (χ4v) is 5.58. The lowest BCUT2D eigenvalue weighted by Crippen LogP contribution is -2.43. The molecule has 4 heteroatoms. The molecular weight excluding hydrogens is 388 g/mol. The smallest absolute Gasteiger partial charge is 0.251 e. The number of hydrogen-bond donors (Lipinski definition) is 1. The van der Waals surface area contributed by atoms with Gasteiger partial charge in [0.05, 0.1) is 5.69 Å². The minimum Gasteiger partial charge on any atom is -0.349 e. The third-order valence-electron chi connectivity index (χ3n) is 6.65. The number of nitrogens with zero attached hydrogens (tertiary/aromatic N) is 1. The first-order valence-corrected chi connectivity index (χ1v) is 12.1. The molecule has 1 N–H and O–H groups in total. The van der Waals surface area contributed by atoms with Crippen LogP contribution in [0.1, 0.15) is 74.4 Å². The molecule has 0 radical (unpaired) electrons. The zero-order valence-electron chi connectivity index (χ0n) is 18.5.